The third-order valence-electron chi connectivity index (χ3n) is 4.42. The van der Waals surface area contributed by atoms with Crippen LogP contribution < -0.4 is 5.32 Å². The predicted molar refractivity (Wildman–Crippen MR) is 112 cm³/mol. The number of hydrogen-bond donors (Lipinski definition) is 1. The van der Waals surface area contributed by atoms with E-state index in [0.717, 1.165) is 21.8 Å². The molecule has 0 aliphatic carbocycles. The minimum Gasteiger partial charge on any atom is -0.312 e. The zero-order chi connectivity index (χ0) is 20.2. The maximum atomic E-state index is 13.3. The summed E-state index contributed by atoms with van der Waals surface area (Å²) in [7, 11) is 0. The van der Waals surface area contributed by atoms with Crippen LogP contribution in [0, 0.1) is 12.7 Å². The van der Waals surface area contributed by atoms with Gasteiger partial charge in [0.05, 0.1) is 30.0 Å². The zero-order valence-corrected chi connectivity index (χ0v) is 16.6. The van der Waals surface area contributed by atoms with E-state index in [4.69, 9.17) is 0 Å². The molecule has 0 saturated carbocycles. The van der Waals surface area contributed by atoms with Crippen LogP contribution in [-0.4, -0.2) is 20.4 Å². The maximum absolute atomic E-state index is 13.3. The lowest BCUT2D eigenvalue weighted by Gasteiger charge is -2.12. The average Bonchev–Trinajstić information content (AvgIpc) is 3.29. The first-order valence-electron chi connectivity index (χ1n) is 9.14. The van der Waals surface area contributed by atoms with Crippen LogP contribution in [0.5, 0.6) is 0 Å². The van der Waals surface area contributed by atoms with Crippen LogP contribution in [-0.2, 0) is 17.8 Å². The van der Waals surface area contributed by atoms with Crippen molar-refractivity contribution in [3.8, 4) is 11.3 Å². The summed E-state index contributed by atoms with van der Waals surface area (Å²) in [6, 6.07) is 16.0. The van der Waals surface area contributed by atoms with E-state index >= 15 is 0 Å². The molecule has 2 heterocycles. The minimum atomic E-state index is -0.318. The molecule has 29 heavy (non-hydrogen) atoms. The predicted octanol–water partition coefficient (Wildman–Crippen LogP) is 4.68. The van der Waals surface area contributed by atoms with Gasteiger partial charge >= 0.3 is 0 Å². The van der Waals surface area contributed by atoms with Crippen LogP contribution in [0.2, 0.25) is 0 Å². The SMILES string of the molecule is Cc1nc(CC(=O)Nc2c(-c3ccc(F)cc3)ncn2Cc2ccccc2)cs1. The van der Waals surface area contributed by atoms with E-state index in [2.05, 4.69) is 15.3 Å². The van der Waals surface area contributed by atoms with Crippen molar-refractivity contribution in [3.63, 3.8) is 0 Å². The molecule has 7 heteroatoms. The highest BCUT2D eigenvalue weighted by Gasteiger charge is 2.17. The van der Waals surface area contributed by atoms with Crippen molar-refractivity contribution >= 4 is 23.1 Å². The van der Waals surface area contributed by atoms with Crippen LogP contribution in [0.1, 0.15) is 16.3 Å². The third kappa shape index (κ3) is 4.57. The van der Waals surface area contributed by atoms with Gasteiger partial charge in [-0.05, 0) is 36.8 Å². The first-order chi connectivity index (χ1) is 14.1. The van der Waals surface area contributed by atoms with Gasteiger partial charge in [0.2, 0.25) is 5.91 Å². The molecule has 0 fully saturated rings. The topological polar surface area (TPSA) is 59.8 Å². The normalized spacial score (nSPS) is 10.8. The molecule has 0 saturated heterocycles. The lowest BCUT2D eigenvalue weighted by Crippen LogP contribution is -2.18. The van der Waals surface area contributed by atoms with Crippen LogP contribution in [0.4, 0.5) is 10.2 Å². The summed E-state index contributed by atoms with van der Waals surface area (Å²) in [5.41, 5.74) is 3.16. The van der Waals surface area contributed by atoms with Crippen molar-refractivity contribution in [1.29, 1.82) is 0 Å². The molecule has 5 nitrogen and oxygen atoms in total. The summed E-state index contributed by atoms with van der Waals surface area (Å²) in [4.78, 5) is 21.5. The summed E-state index contributed by atoms with van der Waals surface area (Å²) >= 11 is 1.52. The number of halogens is 1. The highest BCUT2D eigenvalue weighted by Crippen LogP contribution is 2.28. The summed E-state index contributed by atoms with van der Waals surface area (Å²) in [6.07, 6.45) is 1.87. The molecule has 0 unspecified atom stereocenters. The number of nitrogens with zero attached hydrogens (tertiary/aromatic N) is 3. The molecule has 0 spiro atoms. The Hall–Kier alpha value is -3.32. The monoisotopic (exact) mass is 406 g/mol. The third-order valence-corrected chi connectivity index (χ3v) is 5.24. The Morgan fingerprint density at radius 2 is 1.90 bits per heavy atom. The fraction of sp³-hybridized carbons (Fsp3) is 0.136. The van der Waals surface area contributed by atoms with Gasteiger partial charge in [-0.2, -0.15) is 0 Å². The quantitative estimate of drug-likeness (QED) is 0.506. The number of carbonyl (C=O) groups is 1. The molecule has 0 aliphatic rings. The number of nitrogens with one attached hydrogen (secondary N) is 1. The molecule has 146 valence electrons. The number of aryl methyl sites for hydroxylation is 1. The molecular weight excluding hydrogens is 387 g/mol. The number of imidazole rings is 1. The summed E-state index contributed by atoms with van der Waals surface area (Å²) in [5.74, 6) is 0.0906. The Morgan fingerprint density at radius 3 is 2.59 bits per heavy atom. The van der Waals surface area contributed by atoms with Crippen molar-refractivity contribution in [1.82, 2.24) is 14.5 Å². The van der Waals surface area contributed by atoms with Gasteiger partial charge < -0.3 is 9.88 Å². The van der Waals surface area contributed by atoms with Crippen molar-refractivity contribution in [2.24, 2.45) is 0 Å². The Morgan fingerprint density at radius 1 is 1.14 bits per heavy atom. The number of anilines is 1. The van der Waals surface area contributed by atoms with Crippen molar-refractivity contribution in [3.05, 3.63) is 88.4 Å². The second kappa shape index (κ2) is 8.36. The molecule has 1 amide bonds. The van der Waals surface area contributed by atoms with Gasteiger partial charge in [-0.1, -0.05) is 30.3 Å². The van der Waals surface area contributed by atoms with Gasteiger partial charge in [0, 0.05) is 10.9 Å². The second-order valence-corrected chi connectivity index (χ2v) is 7.71. The standard InChI is InChI=1S/C22H19FN4OS/c1-15-25-19(13-29-15)11-20(28)26-22-21(17-7-9-18(23)10-8-17)24-14-27(22)12-16-5-3-2-4-6-16/h2-10,13-14H,11-12H2,1H3,(H,26,28). The largest absolute Gasteiger partial charge is 0.312 e. The molecule has 1 N–H and O–H groups in total. The highest BCUT2D eigenvalue weighted by atomic mass is 32.1. The van der Waals surface area contributed by atoms with Gasteiger partial charge in [0.1, 0.15) is 17.3 Å². The van der Waals surface area contributed by atoms with E-state index in [1.54, 1.807) is 18.5 Å². The van der Waals surface area contributed by atoms with Crippen molar-refractivity contribution < 1.29 is 9.18 Å². The number of amides is 1. The molecule has 4 rings (SSSR count). The Kier molecular flexibility index (Phi) is 5.48. The van der Waals surface area contributed by atoms with Gasteiger partial charge in [-0.3, -0.25) is 4.79 Å². The summed E-state index contributed by atoms with van der Waals surface area (Å²) in [6.45, 7) is 2.47. The first-order valence-corrected chi connectivity index (χ1v) is 10.0. The van der Waals surface area contributed by atoms with Gasteiger partial charge in [0.25, 0.3) is 0 Å². The maximum Gasteiger partial charge on any atom is 0.231 e. The number of benzene rings is 2. The summed E-state index contributed by atoms with van der Waals surface area (Å²) < 4.78 is 15.2. The second-order valence-electron chi connectivity index (χ2n) is 6.64. The Labute approximate surface area is 171 Å². The van der Waals surface area contributed by atoms with Crippen LogP contribution in [0.3, 0.4) is 0 Å². The Balaban J connectivity index is 1.64. The van der Waals surface area contributed by atoms with Gasteiger partial charge in [-0.25, -0.2) is 14.4 Å². The lowest BCUT2D eigenvalue weighted by molar-refractivity contribution is -0.115. The number of carbonyl (C=O) groups excluding carboxylic acids is 1. The average molecular weight is 406 g/mol. The fourth-order valence-corrected chi connectivity index (χ4v) is 3.68. The molecule has 2 aromatic carbocycles. The zero-order valence-electron chi connectivity index (χ0n) is 15.8. The highest BCUT2D eigenvalue weighted by molar-refractivity contribution is 7.09. The van der Waals surface area contributed by atoms with Crippen LogP contribution in [0.15, 0.2) is 66.3 Å². The minimum absolute atomic E-state index is 0.173. The molecule has 2 aromatic heterocycles. The van der Waals surface area contributed by atoms with Gasteiger partial charge in [-0.15, -0.1) is 11.3 Å². The molecular formula is C22H19FN4OS. The van der Waals surface area contributed by atoms with Gasteiger partial charge in [0.15, 0.2) is 0 Å². The molecule has 0 bridgehead atoms. The molecule has 4 aromatic rings. The number of rotatable bonds is 6. The van der Waals surface area contributed by atoms with E-state index in [1.807, 2.05) is 47.2 Å². The fourth-order valence-electron chi connectivity index (χ4n) is 3.06. The first kappa shape index (κ1) is 19.0. The van der Waals surface area contributed by atoms with E-state index in [0.29, 0.717) is 18.1 Å². The van der Waals surface area contributed by atoms with E-state index in [1.165, 1.54) is 23.5 Å². The molecule has 0 aliphatic heterocycles. The van der Waals surface area contributed by atoms with E-state index in [9.17, 15) is 9.18 Å². The Bertz CT molecular complexity index is 1120. The lowest BCUT2D eigenvalue weighted by atomic mass is 10.1. The smallest absolute Gasteiger partial charge is 0.231 e. The molecule has 0 radical (unpaired) electrons. The van der Waals surface area contributed by atoms with E-state index in [-0.39, 0.29) is 18.1 Å². The van der Waals surface area contributed by atoms with Crippen molar-refractivity contribution in [2.45, 2.75) is 19.9 Å². The summed E-state index contributed by atoms with van der Waals surface area (Å²) in [5, 5.41) is 5.79. The molecule has 0 atom stereocenters. The number of thiazole rings is 1. The number of hydrogen-bond acceptors (Lipinski definition) is 4. The van der Waals surface area contributed by atoms with Crippen LogP contribution >= 0.6 is 11.3 Å². The van der Waals surface area contributed by atoms with Crippen LogP contribution in [0.25, 0.3) is 11.3 Å². The number of aromatic nitrogens is 3. The van der Waals surface area contributed by atoms with E-state index < -0.39 is 0 Å². The van der Waals surface area contributed by atoms with Crippen molar-refractivity contribution in [2.75, 3.05) is 5.32 Å².